The minimum Gasteiger partial charge on any atom is -0.436 e. The molecular weight excluding hydrogens is 482 g/mol. The Kier molecular flexibility index (Phi) is 4.72. The van der Waals surface area contributed by atoms with Crippen LogP contribution in [0, 0.1) is 0 Å². The van der Waals surface area contributed by atoms with Crippen LogP contribution in [0.5, 0.6) is 0 Å². The largest absolute Gasteiger partial charge is 0.436 e. The molecule has 0 atom stereocenters. The van der Waals surface area contributed by atoms with Gasteiger partial charge in [-0.25, -0.2) is 9.67 Å². The van der Waals surface area contributed by atoms with Crippen molar-refractivity contribution in [3.63, 3.8) is 0 Å². The molecule has 184 valence electrons. The maximum atomic E-state index is 6.13. The molecule has 4 aromatic carbocycles. The molecule has 0 bridgehead atoms. The van der Waals surface area contributed by atoms with E-state index in [9.17, 15) is 0 Å². The molecule has 6 heteroatoms. The van der Waals surface area contributed by atoms with Crippen LogP contribution in [0.3, 0.4) is 0 Å². The number of para-hydroxylation sites is 2. The highest BCUT2D eigenvalue weighted by Gasteiger charge is 2.17. The zero-order valence-electron chi connectivity index (χ0n) is 20.8. The molecule has 0 saturated carbocycles. The van der Waals surface area contributed by atoms with Crippen LogP contribution in [-0.2, 0) is 0 Å². The molecule has 0 N–H and O–H groups in total. The normalized spacial score (nSPS) is 11.6. The van der Waals surface area contributed by atoms with Crippen molar-refractivity contribution < 1.29 is 4.42 Å². The van der Waals surface area contributed by atoms with Gasteiger partial charge < -0.3 is 8.98 Å². The van der Waals surface area contributed by atoms with Crippen LogP contribution in [-0.4, -0.2) is 24.3 Å². The topological polar surface area (TPSA) is 61.7 Å². The fourth-order valence-electron chi connectivity index (χ4n) is 5.32. The number of fused-ring (bicyclic) bond motifs is 4. The van der Waals surface area contributed by atoms with Crippen LogP contribution in [0.1, 0.15) is 0 Å². The summed E-state index contributed by atoms with van der Waals surface area (Å²) in [5.41, 5.74) is 8.79. The highest BCUT2D eigenvalue weighted by atomic mass is 16.3. The fourth-order valence-corrected chi connectivity index (χ4v) is 5.32. The van der Waals surface area contributed by atoms with Gasteiger partial charge in [-0.1, -0.05) is 36.4 Å². The summed E-state index contributed by atoms with van der Waals surface area (Å²) < 4.78 is 10.3. The zero-order chi connectivity index (χ0) is 25.8. The van der Waals surface area contributed by atoms with Crippen molar-refractivity contribution >= 4 is 32.9 Å². The number of benzene rings is 4. The van der Waals surface area contributed by atoms with E-state index in [1.165, 1.54) is 0 Å². The van der Waals surface area contributed by atoms with Gasteiger partial charge in [-0.3, -0.25) is 4.98 Å². The third kappa shape index (κ3) is 3.54. The first-order valence-electron chi connectivity index (χ1n) is 12.8. The second-order valence-corrected chi connectivity index (χ2v) is 9.47. The van der Waals surface area contributed by atoms with E-state index in [0.29, 0.717) is 5.89 Å². The molecule has 8 rings (SSSR count). The SMILES string of the molecule is c1ccc(-c2cccc(-n3c4ccc(-n5cccn5)cc4c4ccc(-c5nc6ccccc6o5)cc43)c2)nc1. The maximum Gasteiger partial charge on any atom is 0.227 e. The van der Waals surface area contributed by atoms with E-state index in [4.69, 9.17) is 9.40 Å². The second kappa shape index (κ2) is 8.53. The van der Waals surface area contributed by atoms with Gasteiger partial charge >= 0.3 is 0 Å². The van der Waals surface area contributed by atoms with Crippen molar-refractivity contribution in [2.45, 2.75) is 0 Å². The summed E-state index contributed by atoms with van der Waals surface area (Å²) >= 11 is 0. The van der Waals surface area contributed by atoms with Gasteiger partial charge in [0.1, 0.15) is 5.52 Å². The lowest BCUT2D eigenvalue weighted by molar-refractivity contribution is 0.620. The van der Waals surface area contributed by atoms with Crippen LogP contribution in [0.2, 0.25) is 0 Å². The van der Waals surface area contributed by atoms with E-state index in [2.05, 4.69) is 75.3 Å². The summed E-state index contributed by atoms with van der Waals surface area (Å²) in [4.78, 5) is 9.32. The van der Waals surface area contributed by atoms with E-state index in [0.717, 1.165) is 61.1 Å². The van der Waals surface area contributed by atoms with E-state index < -0.39 is 0 Å². The molecule has 0 radical (unpaired) electrons. The van der Waals surface area contributed by atoms with E-state index in [1.54, 1.807) is 6.20 Å². The minimum absolute atomic E-state index is 0.606. The summed E-state index contributed by atoms with van der Waals surface area (Å²) in [5, 5.41) is 6.72. The van der Waals surface area contributed by atoms with Crippen LogP contribution >= 0.6 is 0 Å². The molecule has 4 aromatic heterocycles. The highest BCUT2D eigenvalue weighted by molar-refractivity contribution is 6.10. The third-order valence-electron chi connectivity index (χ3n) is 7.12. The van der Waals surface area contributed by atoms with E-state index in [-0.39, 0.29) is 0 Å². The smallest absolute Gasteiger partial charge is 0.227 e. The van der Waals surface area contributed by atoms with Crippen LogP contribution in [0.25, 0.3) is 67.0 Å². The first kappa shape index (κ1) is 21.6. The van der Waals surface area contributed by atoms with Crippen molar-refractivity contribution in [2.24, 2.45) is 0 Å². The minimum atomic E-state index is 0.606. The first-order valence-corrected chi connectivity index (χ1v) is 12.8. The third-order valence-corrected chi connectivity index (χ3v) is 7.12. The lowest BCUT2D eigenvalue weighted by Gasteiger charge is -2.11. The Hall–Kier alpha value is -5.49. The predicted molar refractivity (Wildman–Crippen MR) is 154 cm³/mol. The van der Waals surface area contributed by atoms with E-state index >= 15 is 0 Å². The summed E-state index contributed by atoms with van der Waals surface area (Å²) in [6.45, 7) is 0. The second-order valence-electron chi connectivity index (χ2n) is 9.47. The molecule has 4 heterocycles. The molecule has 0 aliphatic carbocycles. The average Bonchev–Trinajstić information content (AvgIpc) is 3.75. The van der Waals surface area contributed by atoms with Gasteiger partial charge in [0, 0.05) is 46.2 Å². The van der Waals surface area contributed by atoms with Crippen LogP contribution < -0.4 is 0 Å². The van der Waals surface area contributed by atoms with Crippen molar-refractivity contribution in [1.29, 1.82) is 0 Å². The van der Waals surface area contributed by atoms with E-state index in [1.807, 2.05) is 65.6 Å². The number of hydrogen-bond donors (Lipinski definition) is 0. The summed E-state index contributed by atoms with van der Waals surface area (Å²) in [7, 11) is 0. The lowest BCUT2D eigenvalue weighted by Crippen LogP contribution is -1.96. The molecule has 0 spiro atoms. The Morgan fingerprint density at radius 1 is 0.615 bits per heavy atom. The first-order chi connectivity index (χ1) is 19.3. The van der Waals surface area contributed by atoms with Gasteiger partial charge in [-0.2, -0.15) is 5.10 Å². The van der Waals surface area contributed by atoms with Crippen LogP contribution in [0.4, 0.5) is 0 Å². The van der Waals surface area contributed by atoms with Gasteiger partial charge in [0.2, 0.25) is 5.89 Å². The van der Waals surface area contributed by atoms with Crippen molar-refractivity contribution in [2.75, 3.05) is 0 Å². The zero-order valence-corrected chi connectivity index (χ0v) is 20.8. The van der Waals surface area contributed by atoms with Gasteiger partial charge in [0.15, 0.2) is 5.58 Å². The molecule has 0 aliphatic heterocycles. The Morgan fingerprint density at radius 3 is 2.44 bits per heavy atom. The molecule has 8 aromatic rings. The number of oxazole rings is 1. The lowest BCUT2D eigenvalue weighted by atomic mass is 10.1. The monoisotopic (exact) mass is 503 g/mol. The Labute approximate surface area is 223 Å². The van der Waals surface area contributed by atoms with Crippen molar-refractivity contribution in [1.82, 2.24) is 24.3 Å². The van der Waals surface area contributed by atoms with Crippen molar-refractivity contribution in [3.05, 3.63) is 128 Å². The van der Waals surface area contributed by atoms with Gasteiger partial charge in [0.25, 0.3) is 0 Å². The molecule has 6 nitrogen and oxygen atoms in total. The van der Waals surface area contributed by atoms with Gasteiger partial charge in [-0.05, 0) is 72.8 Å². The van der Waals surface area contributed by atoms with Gasteiger partial charge in [-0.15, -0.1) is 0 Å². The number of rotatable bonds is 4. The predicted octanol–water partition coefficient (Wildman–Crippen LogP) is 7.84. The Morgan fingerprint density at radius 2 is 1.56 bits per heavy atom. The number of aromatic nitrogens is 5. The van der Waals surface area contributed by atoms with Crippen molar-refractivity contribution in [3.8, 4) is 34.1 Å². The molecule has 0 aliphatic rings. The molecule has 0 fully saturated rings. The summed E-state index contributed by atoms with van der Waals surface area (Å²) in [5.74, 6) is 0.606. The molecular formula is C33H21N5O. The average molecular weight is 504 g/mol. The summed E-state index contributed by atoms with van der Waals surface area (Å²) in [6.07, 6.45) is 5.58. The molecule has 0 amide bonds. The quantitative estimate of drug-likeness (QED) is 0.245. The summed E-state index contributed by atoms with van der Waals surface area (Å²) in [6, 6.07) is 37.2. The number of hydrogen-bond acceptors (Lipinski definition) is 4. The van der Waals surface area contributed by atoms with Crippen LogP contribution in [0.15, 0.2) is 132 Å². The molecule has 0 saturated heterocycles. The maximum absolute atomic E-state index is 6.13. The highest BCUT2D eigenvalue weighted by Crippen LogP contribution is 2.37. The number of pyridine rings is 1. The molecule has 0 unspecified atom stereocenters. The fraction of sp³-hybridized carbons (Fsp3) is 0. The molecule has 39 heavy (non-hydrogen) atoms. The standard InChI is InChI=1S/C33H21N5O/c1-2-11-32-29(10-1)36-33(39-32)23-12-14-26-27-21-24(37-18-6-17-35-37)13-15-30(27)38(31(26)20-23)25-8-5-7-22(19-25)28-9-3-4-16-34-28/h1-21H. The Balaban J connectivity index is 1.39. The Bertz CT molecular complexity index is 2090. The number of nitrogens with zero attached hydrogens (tertiary/aromatic N) is 5. The van der Waals surface area contributed by atoms with Gasteiger partial charge in [0.05, 0.1) is 22.4 Å².